The molecule has 0 saturated heterocycles. The van der Waals surface area contributed by atoms with Crippen molar-refractivity contribution >= 4 is 21.6 Å². The third-order valence-corrected chi connectivity index (χ3v) is 4.37. The van der Waals surface area contributed by atoms with Crippen molar-refractivity contribution in [3.8, 4) is 0 Å². The zero-order valence-corrected chi connectivity index (χ0v) is 11.7. The van der Waals surface area contributed by atoms with Gasteiger partial charge in [-0.25, -0.2) is 13.1 Å². The highest BCUT2D eigenvalue weighted by Crippen LogP contribution is 2.28. The minimum atomic E-state index is -3.11. The average molecular weight is 284 g/mol. The van der Waals surface area contributed by atoms with Gasteiger partial charge in [0.15, 0.2) is 0 Å². The van der Waals surface area contributed by atoms with Crippen LogP contribution in [0.25, 0.3) is 0 Å². The summed E-state index contributed by atoms with van der Waals surface area (Å²) < 4.78 is 30.9. The first kappa shape index (κ1) is 15.2. The molecule has 0 radical (unpaired) electrons. The molecule has 0 amide bonds. The molecule has 1 N–H and O–H groups in total. The fraction of sp³-hybridized carbons (Fsp3) is 1.00. The summed E-state index contributed by atoms with van der Waals surface area (Å²) in [5.74, 6) is 1.45. The molecule has 1 aliphatic rings. The van der Waals surface area contributed by atoms with Crippen molar-refractivity contribution in [2.45, 2.75) is 32.1 Å². The van der Waals surface area contributed by atoms with Crippen LogP contribution in [0, 0.1) is 5.92 Å². The molecule has 0 unspecified atom stereocenters. The number of sulfonamides is 1. The van der Waals surface area contributed by atoms with Crippen LogP contribution in [0.15, 0.2) is 0 Å². The van der Waals surface area contributed by atoms with E-state index in [1.54, 1.807) is 0 Å². The molecule has 0 atom stereocenters. The van der Waals surface area contributed by atoms with Crippen molar-refractivity contribution in [2.24, 2.45) is 5.92 Å². The molecule has 0 bridgehead atoms. The van der Waals surface area contributed by atoms with Crippen molar-refractivity contribution < 1.29 is 13.2 Å². The summed E-state index contributed by atoms with van der Waals surface area (Å²) in [6.07, 6.45) is 4.67. The van der Waals surface area contributed by atoms with Crippen LogP contribution in [0.1, 0.15) is 32.1 Å². The molecule has 0 aromatic rings. The molecular formula is C11H22ClNO3S. The third kappa shape index (κ3) is 8.83. The first-order chi connectivity index (χ1) is 8.14. The van der Waals surface area contributed by atoms with Crippen LogP contribution in [0.5, 0.6) is 0 Å². The molecule has 0 aromatic carbocycles. The lowest BCUT2D eigenvalue weighted by Crippen LogP contribution is -2.28. The number of alkyl halides is 1. The number of rotatable bonds is 11. The number of nitrogens with one attached hydrogen (secondary N) is 1. The highest BCUT2D eigenvalue weighted by Gasteiger charge is 2.20. The van der Waals surface area contributed by atoms with Crippen molar-refractivity contribution in [3.05, 3.63) is 0 Å². The maximum atomic E-state index is 11.5. The molecule has 1 saturated carbocycles. The monoisotopic (exact) mass is 283 g/mol. The van der Waals surface area contributed by atoms with E-state index in [1.165, 1.54) is 12.8 Å². The van der Waals surface area contributed by atoms with Gasteiger partial charge in [0.25, 0.3) is 0 Å². The van der Waals surface area contributed by atoms with E-state index in [1.807, 2.05) is 0 Å². The number of halogens is 1. The summed E-state index contributed by atoms with van der Waals surface area (Å²) in [6, 6.07) is 0. The second-order valence-electron chi connectivity index (χ2n) is 4.48. The van der Waals surface area contributed by atoms with E-state index in [4.69, 9.17) is 16.3 Å². The second kappa shape index (κ2) is 8.29. The predicted molar refractivity (Wildman–Crippen MR) is 69.9 cm³/mol. The van der Waals surface area contributed by atoms with Gasteiger partial charge in [-0.1, -0.05) is 0 Å². The van der Waals surface area contributed by atoms with Gasteiger partial charge >= 0.3 is 0 Å². The Morgan fingerprint density at radius 1 is 1.24 bits per heavy atom. The summed E-state index contributed by atoms with van der Waals surface area (Å²) >= 11 is 5.49. The molecule has 1 rings (SSSR count). The highest BCUT2D eigenvalue weighted by molar-refractivity contribution is 7.89. The van der Waals surface area contributed by atoms with Crippen molar-refractivity contribution in [1.29, 1.82) is 0 Å². The maximum Gasteiger partial charge on any atom is 0.211 e. The lowest BCUT2D eigenvalue weighted by Gasteiger charge is -2.06. The molecule has 6 heteroatoms. The van der Waals surface area contributed by atoms with Crippen LogP contribution in [-0.2, 0) is 14.8 Å². The smallest absolute Gasteiger partial charge is 0.211 e. The number of unbranched alkanes of at least 4 members (excludes halogenated alkanes) is 1. The Labute approximate surface area is 109 Å². The lowest BCUT2D eigenvalue weighted by atomic mass is 10.4. The fourth-order valence-electron chi connectivity index (χ4n) is 1.40. The molecule has 1 fully saturated rings. The van der Waals surface area contributed by atoms with Gasteiger partial charge in [0.2, 0.25) is 10.0 Å². The Kier molecular flexibility index (Phi) is 7.43. The Balaban J connectivity index is 1.92. The van der Waals surface area contributed by atoms with Crippen molar-refractivity contribution in [1.82, 2.24) is 4.72 Å². The maximum absolute atomic E-state index is 11.5. The van der Waals surface area contributed by atoms with Gasteiger partial charge in [-0.15, -0.1) is 11.6 Å². The summed E-state index contributed by atoms with van der Waals surface area (Å²) in [5, 5.41) is 0. The van der Waals surface area contributed by atoms with Crippen LogP contribution >= 0.6 is 11.6 Å². The Bertz CT molecular complexity index is 291. The van der Waals surface area contributed by atoms with Crippen LogP contribution in [0.2, 0.25) is 0 Å². The lowest BCUT2D eigenvalue weighted by molar-refractivity contribution is 0.123. The van der Waals surface area contributed by atoms with Crippen LogP contribution in [0.4, 0.5) is 0 Å². The van der Waals surface area contributed by atoms with E-state index in [0.29, 0.717) is 25.5 Å². The highest BCUT2D eigenvalue weighted by atomic mass is 35.5. The summed E-state index contributed by atoms with van der Waals surface area (Å²) in [7, 11) is -3.11. The third-order valence-electron chi connectivity index (χ3n) is 2.63. The molecule has 1 aliphatic carbocycles. The quantitative estimate of drug-likeness (QED) is 0.464. The molecule has 4 nitrogen and oxygen atoms in total. The fourth-order valence-corrected chi connectivity index (χ4v) is 2.77. The van der Waals surface area contributed by atoms with E-state index in [9.17, 15) is 8.42 Å². The standard InChI is InChI=1S/C11H22ClNO3S/c12-6-1-2-9-17(14,15)13-7-3-8-16-10-11-4-5-11/h11,13H,1-10H2. The SMILES string of the molecule is O=S(=O)(CCCCCl)NCCCOCC1CC1. The Hall–Kier alpha value is 0.160. The van der Waals surface area contributed by atoms with Crippen molar-refractivity contribution in [2.75, 3.05) is 31.4 Å². The zero-order chi connectivity index (χ0) is 12.6. The van der Waals surface area contributed by atoms with E-state index in [2.05, 4.69) is 4.72 Å². The summed E-state index contributed by atoms with van der Waals surface area (Å²) in [4.78, 5) is 0. The van der Waals surface area contributed by atoms with Crippen molar-refractivity contribution in [3.63, 3.8) is 0 Å². The first-order valence-electron chi connectivity index (χ1n) is 6.25. The van der Waals surface area contributed by atoms with E-state index in [0.717, 1.165) is 25.4 Å². The molecule has 0 aromatic heterocycles. The summed E-state index contributed by atoms with van der Waals surface area (Å²) in [6.45, 7) is 1.94. The minimum Gasteiger partial charge on any atom is -0.381 e. The minimum absolute atomic E-state index is 0.169. The van der Waals surface area contributed by atoms with Gasteiger partial charge in [0, 0.05) is 25.6 Å². The van der Waals surface area contributed by atoms with Gasteiger partial charge < -0.3 is 4.74 Å². The van der Waals surface area contributed by atoms with Gasteiger partial charge in [-0.3, -0.25) is 0 Å². The van der Waals surface area contributed by atoms with Crippen LogP contribution < -0.4 is 4.72 Å². The average Bonchev–Trinajstić information content (AvgIpc) is 3.07. The molecule has 102 valence electrons. The molecule has 0 heterocycles. The number of hydrogen-bond donors (Lipinski definition) is 1. The van der Waals surface area contributed by atoms with Gasteiger partial charge in [0.05, 0.1) is 5.75 Å². The van der Waals surface area contributed by atoms with Crippen LogP contribution in [0.3, 0.4) is 0 Å². The Morgan fingerprint density at radius 2 is 2.00 bits per heavy atom. The molecule has 0 aliphatic heterocycles. The zero-order valence-electron chi connectivity index (χ0n) is 10.2. The number of hydrogen-bond acceptors (Lipinski definition) is 3. The number of ether oxygens (including phenoxy) is 1. The topological polar surface area (TPSA) is 55.4 Å². The normalized spacial score (nSPS) is 16.3. The first-order valence-corrected chi connectivity index (χ1v) is 8.44. The predicted octanol–water partition coefficient (Wildman–Crippen LogP) is 1.74. The van der Waals surface area contributed by atoms with Crippen LogP contribution in [-0.4, -0.2) is 39.8 Å². The van der Waals surface area contributed by atoms with Gasteiger partial charge in [-0.2, -0.15) is 0 Å². The second-order valence-corrected chi connectivity index (χ2v) is 6.79. The van der Waals surface area contributed by atoms with Gasteiger partial charge in [0.1, 0.15) is 0 Å². The van der Waals surface area contributed by atoms with E-state index in [-0.39, 0.29) is 5.75 Å². The molecular weight excluding hydrogens is 262 g/mol. The van der Waals surface area contributed by atoms with Gasteiger partial charge in [-0.05, 0) is 38.0 Å². The summed E-state index contributed by atoms with van der Waals surface area (Å²) in [5.41, 5.74) is 0. The van der Waals surface area contributed by atoms with E-state index >= 15 is 0 Å². The largest absolute Gasteiger partial charge is 0.381 e. The Morgan fingerprint density at radius 3 is 2.65 bits per heavy atom. The molecule has 17 heavy (non-hydrogen) atoms. The van der Waals surface area contributed by atoms with E-state index < -0.39 is 10.0 Å². The molecule has 0 spiro atoms.